The van der Waals surface area contributed by atoms with Crippen molar-refractivity contribution in [3.63, 3.8) is 0 Å². The predicted molar refractivity (Wildman–Crippen MR) is 83.6 cm³/mol. The van der Waals surface area contributed by atoms with Gasteiger partial charge in [-0.05, 0) is 52.3 Å². The Morgan fingerprint density at radius 1 is 1.05 bits per heavy atom. The molecule has 2 nitrogen and oxygen atoms in total. The van der Waals surface area contributed by atoms with Crippen LogP contribution in [0.2, 0.25) is 0 Å². The largest absolute Gasteiger partial charge is 0.509 e. The van der Waals surface area contributed by atoms with E-state index in [2.05, 4.69) is 58.9 Å². The normalized spacial score (nSPS) is 21.8. The third-order valence-electron chi connectivity index (χ3n) is 4.48. The second-order valence-corrected chi connectivity index (χ2v) is 6.59. The molecule has 0 N–H and O–H groups in total. The maximum absolute atomic E-state index is 6.18. The average Bonchev–Trinajstić information content (AvgIpc) is 2.57. The molecule has 1 aromatic rings. The summed E-state index contributed by atoms with van der Waals surface area (Å²) in [7, 11) is -0.321. The van der Waals surface area contributed by atoms with Crippen molar-refractivity contribution in [2.75, 3.05) is 0 Å². The van der Waals surface area contributed by atoms with Crippen LogP contribution in [0.3, 0.4) is 0 Å². The molecule has 1 aromatic carbocycles. The second kappa shape index (κ2) is 4.29. The SMILES string of the molecule is Cc1cc2c(c(B3OC(C)(C)C(C)(C)O3)c1)C=[C+]C=C2. The number of hydrogen-bond acceptors (Lipinski definition) is 2. The quantitative estimate of drug-likeness (QED) is 0.575. The molecular weight excluding hydrogens is 247 g/mol. The van der Waals surface area contributed by atoms with Gasteiger partial charge in [0.1, 0.15) is 12.2 Å². The molecule has 1 fully saturated rings. The summed E-state index contributed by atoms with van der Waals surface area (Å²) in [5, 5.41) is 0. The monoisotopic (exact) mass is 267 g/mol. The molecule has 1 aliphatic heterocycles. The molecule has 102 valence electrons. The van der Waals surface area contributed by atoms with Crippen LogP contribution in [0.25, 0.3) is 12.2 Å². The Morgan fingerprint density at radius 3 is 2.35 bits per heavy atom. The highest BCUT2D eigenvalue weighted by molar-refractivity contribution is 6.63. The van der Waals surface area contributed by atoms with E-state index in [1.807, 2.05) is 12.2 Å². The van der Waals surface area contributed by atoms with Gasteiger partial charge in [-0.3, -0.25) is 0 Å². The second-order valence-electron chi connectivity index (χ2n) is 6.59. The lowest BCUT2D eigenvalue weighted by Crippen LogP contribution is -2.41. The number of allylic oxidation sites excluding steroid dienone is 2. The van der Waals surface area contributed by atoms with Crippen LogP contribution in [0.5, 0.6) is 0 Å². The number of aryl methyl sites for hydroxylation is 1. The minimum absolute atomic E-state index is 0.313. The van der Waals surface area contributed by atoms with E-state index < -0.39 is 0 Å². The van der Waals surface area contributed by atoms with Crippen molar-refractivity contribution < 1.29 is 9.31 Å². The van der Waals surface area contributed by atoms with E-state index >= 15 is 0 Å². The molecule has 20 heavy (non-hydrogen) atoms. The van der Waals surface area contributed by atoms with E-state index in [1.165, 1.54) is 11.1 Å². The molecule has 2 aliphatic rings. The first kappa shape index (κ1) is 13.6. The molecule has 0 aromatic heterocycles. The van der Waals surface area contributed by atoms with E-state index in [0.29, 0.717) is 0 Å². The summed E-state index contributed by atoms with van der Waals surface area (Å²) < 4.78 is 12.4. The molecule has 3 heteroatoms. The van der Waals surface area contributed by atoms with Gasteiger partial charge in [0.05, 0.1) is 28.4 Å². The van der Waals surface area contributed by atoms with E-state index in [1.54, 1.807) is 0 Å². The molecule has 1 heterocycles. The first-order chi connectivity index (χ1) is 9.30. The molecule has 1 aliphatic carbocycles. The summed E-state index contributed by atoms with van der Waals surface area (Å²) in [4.78, 5) is 0. The van der Waals surface area contributed by atoms with Crippen LogP contribution < -0.4 is 5.46 Å². The number of benzene rings is 1. The zero-order valence-corrected chi connectivity index (χ0v) is 12.8. The van der Waals surface area contributed by atoms with Gasteiger partial charge in [0, 0.05) is 11.5 Å². The summed E-state index contributed by atoms with van der Waals surface area (Å²) in [6, 6.07) is 4.33. The average molecular weight is 267 g/mol. The van der Waals surface area contributed by atoms with Crippen molar-refractivity contribution in [2.45, 2.75) is 45.8 Å². The molecule has 1 saturated heterocycles. The Balaban J connectivity index is 2.07. The van der Waals surface area contributed by atoms with Gasteiger partial charge in [-0.1, -0.05) is 0 Å². The fourth-order valence-electron chi connectivity index (χ4n) is 2.59. The van der Waals surface area contributed by atoms with Gasteiger partial charge in [-0.2, -0.15) is 0 Å². The minimum Gasteiger partial charge on any atom is -0.399 e. The number of hydrogen-bond donors (Lipinski definition) is 0. The lowest BCUT2D eigenvalue weighted by molar-refractivity contribution is 0.00578. The maximum atomic E-state index is 6.18. The van der Waals surface area contributed by atoms with Gasteiger partial charge in [-0.25, -0.2) is 0 Å². The highest BCUT2D eigenvalue weighted by Gasteiger charge is 2.53. The lowest BCUT2D eigenvalue weighted by atomic mass is 9.73. The van der Waals surface area contributed by atoms with Crippen molar-refractivity contribution in [2.24, 2.45) is 0 Å². The van der Waals surface area contributed by atoms with Gasteiger partial charge < -0.3 is 9.31 Å². The van der Waals surface area contributed by atoms with Crippen LogP contribution in [0, 0.1) is 13.0 Å². The Morgan fingerprint density at radius 2 is 1.70 bits per heavy atom. The van der Waals surface area contributed by atoms with Gasteiger partial charge in [-0.15, -0.1) is 0 Å². The van der Waals surface area contributed by atoms with E-state index in [0.717, 1.165) is 11.0 Å². The molecule has 0 amide bonds. The van der Waals surface area contributed by atoms with Gasteiger partial charge in [0.25, 0.3) is 0 Å². The van der Waals surface area contributed by atoms with Crippen molar-refractivity contribution in [3.8, 4) is 0 Å². The van der Waals surface area contributed by atoms with Crippen molar-refractivity contribution in [1.82, 2.24) is 0 Å². The van der Waals surface area contributed by atoms with Crippen LogP contribution in [-0.4, -0.2) is 18.3 Å². The third-order valence-corrected chi connectivity index (χ3v) is 4.48. The summed E-state index contributed by atoms with van der Waals surface area (Å²) >= 11 is 0. The van der Waals surface area contributed by atoms with Gasteiger partial charge in [0.2, 0.25) is 0 Å². The molecule has 0 atom stereocenters. The Bertz CT molecular complexity index is 596. The van der Waals surface area contributed by atoms with Crippen LogP contribution in [-0.2, 0) is 9.31 Å². The summed E-state index contributed by atoms with van der Waals surface area (Å²) in [5.41, 5.74) is 4.03. The van der Waals surface area contributed by atoms with Crippen LogP contribution in [0.15, 0.2) is 18.2 Å². The molecule has 3 rings (SSSR count). The summed E-state index contributed by atoms with van der Waals surface area (Å²) in [6.07, 6.45) is 9.18. The fourth-order valence-corrected chi connectivity index (χ4v) is 2.59. The van der Waals surface area contributed by atoms with Gasteiger partial charge >= 0.3 is 7.12 Å². The Kier molecular flexibility index (Phi) is 2.91. The molecule has 0 unspecified atom stereocenters. The molecule has 0 saturated carbocycles. The number of fused-ring (bicyclic) bond motifs is 1. The Hall–Kier alpha value is -1.41. The van der Waals surface area contributed by atoms with Gasteiger partial charge in [0.15, 0.2) is 0 Å². The topological polar surface area (TPSA) is 18.5 Å². The smallest absolute Gasteiger partial charge is 0.399 e. The van der Waals surface area contributed by atoms with E-state index in [-0.39, 0.29) is 18.3 Å². The van der Waals surface area contributed by atoms with Crippen molar-refractivity contribution in [1.29, 1.82) is 0 Å². The molecule has 0 spiro atoms. The predicted octanol–water partition coefficient (Wildman–Crippen LogP) is 3.14. The molecular formula is C17H20BO2+. The van der Waals surface area contributed by atoms with Crippen molar-refractivity contribution in [3.05, 3.63) is 41.0 Å². The fraction of sp³-hybridized carbons (Fsp3) is 0.412. The zero-order chi connectivity index (χ0) is 14.5. The first-order valence-electron chi connectivity index (χ1n) is 7.06. The third kappa shape index (κ3) is 2.03. The van der Waals surface area contributed by atoms with Crippen LogP contribution in [0.1, 0.15) is 44.4 Å². The van der Waals surface area contributed by atoms with E-state index in [9.17, 15) is 0 Å². The van der Waals surface area contributed by atoms with Crippen LogP contribution in [0.4, 0.5) is 0 Å². The zero-order valence-electron chi connectivity index (χ0n) is 12.8. The highest BCUT2D eigenvalue weighted by atomic mass is 16.7. The number of rotatable bonds is 1. The summed E-state index contributed by atoms with van der Waals surface area (Å²) in [6.45, 7) is 10.4. The van der Waals surface area contributed by atoms with Crippen LogP contribution >= 0.6 is 0 Å². The lowest BCUT2D eigenvalue weighted by Gasteiger charge is -2.32. The Labute approximate surface area is 121 Å². The standard InChI is InChI=1S/C17H20BO2/c1-12-10-13-8-6-7-9-14(13)15(11-12)18-19-16(2,3)17(4,5)20-18/h6,8-11H,1-5H3/q+1. The summed E-state index contributed by atoms with van der Waals surface area (Å²) in [5.74, 6) is 0. The minimum atomic E-state index is -0.321. The maximum Gasteiger partial charge on any atom is 0.509 e. The molecule has 0 bridgehead atoms. The highest BCUT2D eigenvalue weighted by Crippen LogP contribution is 2.37. The van der Waals surface area contributed by atoms with E-state index in [4.69, 9.17) is 9.31 Å². The molecule has 0 radical (unpaired) electrons. The van der Waals surface area contributed by atoms with Crippen molar-refractivity contribution >= 4 is 24.7 Å². The first-order valence-corrected chi connectivity index (χ1v) is 7.06.